The van der Waals surface area contributed by atoms with Crippen molar-refractivity contribution in [3.05, 3.63) is 0 Å². The molecule has 2 rings (SSSR count). The number of azo groups is 1. The third-order valence-electron chi connectivity index (χ3n) is 5.95. The van der Waals surface area contributed by atoms with Gasteiger partial charge in [-0.25, -0.2) is 0 Å². The summed E-state index contributed by atoms with van der Waals surface area (Å²) in [7, 11) is -5.84. The molecule has 0 radical (unpaired) electrons. The summed E-state index contributed by atoms with van der Waals surface area (Å²) in [5.74, 6) is 0. The molecule has 0 spiro atoms. The van der Waals surface area contributed by atoms with E-state index in [4.69, 9.17) is 23.2 Å². The molecule has 0 atom stereocenters. The average Bonchev–Trinajstić information content (AvgIpc) is 3.30. The first kappa shape index (κ1) is 27.2. The van der Waals surface area contributed by atoms with Gasteiger partial charge in [-0.3, -0.25) is 25.8 Å². The monoisotopic (exact) mass is 460 g/mol. The smallest absolute Gasteiger partial charge is 0.296 e. The second kappa shape index (κ2) is 9.33. The summed E-state index contributed by atoms with van der Waals surface area (Å²) in [6, 6.07) is 0. The highest BCUT2D eigenvalue weighted by Crippen LogP contribution is 2.34. The number of rotatable bonds is 6. The number of nitrogens with zero attached hydrogens (tertiary/aromatic N) is 2. The van der Waals surface area contributed by atoms with Crippen LogP contribution in [0.1, 0.15) is 54.4 Å². The molecule has 2 heterocycles. The first-order valence-electron chi connectivity index (χ1n) is 9.97. The van der Waals surface area contributed by atoms with Gasteiger partial charge in [0.05, 0.1) is 11.3 Å². The Balaban J connectivity index is 0.000000479. The molecule has 9 nitrogen and oxygen atoms in total. The van der Waals surface area contributed by atoms with Gasteiger partial charge in [0.15, 0.2) is 0 Å². The fraction of sp³-hybridized carbons (Fsp3) is 1.00. The minimum Gasteiger partial charge on any atom is -0.296 e. The lowest BCUT2D eigenvalue weighted by molar-refractivity contribution is -0.0510. The van der Waals surface area contributed by atoms with Gasteiger partial charge in [-0.1, -0.05) is 13.8 Å². The molecule has 0 aromatic heterocycles. The molecule has 0 aromatic rings. The van der Waals surface area contributed by atoms with E-state index in [1.54, 1.807) is 0 Å². The van der Waals surface area contributed by atoms with E-state index in [0.717, 1.165) is 39.0 Å². The van der Waals surface area contributed by atoms with E-state index in [1.807, 2.05) is 0 Å². The summed E-state index contributed by atoms with van der Waals surface area (Å²) < 4.78 is 57.5. The largest absolute Gasteiger partial charge is 0.522 e. The summed E-state index contributed by atoms with van der Waals surface area (Å²) in [5, 5.41) is 24.0. The molecule has 0 aromatic carbocycles. The molecule has 5 N–H and O–H groups in total. The predicted molar refractivity (Wildman–Crippen MR) is 109 cm³/mol. The summed E-state index contributed by atoms with van der Waals surface area (Å²) in [5.41, 5.74) is -6.47. The van der Waals surface area contributed by atoms with Crippen molar-refractivity contribution < 1.29 is 26.1 Å². The maximum atomic E-state index is 10.7. The highest BCUT2D eigenvalue weighted by atomic mass is 32.2. The van der Waals surface area contributed by atoms with E-state index in [0.29, 0.717) is 0 Å². The Morgan fingerprint density at radius 2 is 1.03 bits per heavy atom. The van der Waals surface area contributed by atoms with Crippen molar-refractivity contribution in [3.63, 3.8) is 0 Å². The second-order valence-electron chi connectivity index (χ2n) is 8.46. The SMILES string of the molecule is CCC1(C(C)(C)N=NC(C)(C)C2(CC)NCCN2)NCCN1.O=S(=O)(O)C(F)(F)F. The molecular formula is C17H35F3N6O3S. The topological polar surface area (TPSA) is 127 Å². The van der Waals surface area contributed by atoms with Gasteiger partial charge >= 0.3 is 15.6 Å². The third-order valence-corrected chi connectivity index (χ3v) is 6.53. The van der Waals surface area contributed by atoms with Crippen molar-refractivity contribution in [2.24, 2.45) is 10.2 Å². The van der Waals surface area contributed by atoms with E-state index in [-0.39, 0.29) is 22.4 Å². The first-order valence-corrected chi connectivity index (χ1v) is 11.4. The van der Waals surface area contributed by atoms with Gasteiger partial charge in [0, 0.05) is 26.2 Å². The molecular weight excluding hydrogens is 425 g/mol. The molecule has 30 heavy (non-hydrogen) atoms. The fourth-order valence-corrected chi connectivity index (χ4v) is 3.88. The molecule has 2 aliphatic rings. The van der Waals surface area contributed by atoms with E-state index < -0.39 is 15.6 Å². The van der Waals surface area contributed by atoms with Crippen molar-refractivity contribution in [2.75, 3.05) is 26.2 Å². The summed E-state index contributed by atoms with van der Waals surface area (Å²) in [4.78, 5) is 0. The normalized spacial score (nSPS) is 22.2. The zero-order chi connectivity index (χ0) is 23.5. The van der Waals surface area contributed by atoms with E-state index in [2.05, 4.69) is 62.8 Å². The number of hydrogen-bond acceptors (Lipinski definition) is 8. The quantitative estimate of drug-likeness (QED) is 0.233. The molecule has 0 amide bonds. The highest BCUT2D eigenvalue weighted by Gasteiger charge is 2.49. The summed E-state index contributed by atoms with van der Waals surface area (Å²) in [6.45, 7) is 17.0. The molecule has 0 saturated carbocycles. The number of alkyl halides is 3. The van der Waals surface area contributed by atoms with E-state index in [1.165, 1.54) is 0 Å². The van der Waals surface area contributed by atoms with Crippen LogP contribution in [0.2, 0.25) is 0 Å². The lowest BCUT2D eigenvalue weighted by Gasteiger charge is -2.43. The Hall–Kier alpha value is -0.860. The van der Waals surface area contributed by atoms with Crippen LogP contribution >= 0.6 is 0 Å². The molecule has 178 valence electrons. The minimum absolute atomic E-state index is 0.164. The molecule has 0 aliphatic carbocycles. The Morgan fingerprint density at radius 1 is 0.800 bits per heavy atom. The van der Waals surface area contributed by atoms with Gasteiger partial charge in [-0.2, -0.15) is 31.8 Å². The van der Waals surface area contributed by atoms with Crippen molar-refractivity contribution in [2.45, 2.75) is 82.3 Å². The average molecular weight is 461 g/mol. The number of hydrogen-bond donors (Lipinski definition) is 5. The predicted octanol–water partition coefficient (Wildman–Crippen LogP) is 1.99. The zero-order valence-corrected chi connectivity index (χ0v) is 19.3. The van der Waals surface area contributed by atoms with Crippen LogP contribution in [0.25, 0.3) is 0 Å². The first-order chi connectivity index (χ1) is 13.5. The Morgan fingerprint density at radius 3 is 1.20 bits per heavy atom. The molecule has 2 aliphatic heterocycles. The maximum absolute atomic E-state index is 10.7. The van der Waals surface area contributed by atoms with Gasteiger partial charge in [0.2, 0.25) is 0 Å². The van der Waals surface area contributed by atoms with Crippen LogP contribution < -0.4 is 21.3 Å². The maximum Gasteiger partial charge on any atom is 0.522 e. The number of halogens is 3. The van der Waals surface area contributed by atoms with Crippen molar-refractivity contribution in [1.82, 2.24) is 21.3 Å². The molecule has 0 unspecified atom stereocenters. The molecule has 13 heteroatoms. The van der Waals surface area contributed by atoms with Gasteiger partial charge in [0.1, 0.15) is 11.1 Å². The van der Waals surface area contributed by atoms with Gasteiger partial charge in [0.25, 0.3) is 0 Å². The lowest BCUT2D eigenvalue weighted by Crippen LogP contribution is -2.64. The van der Waals surface area contributed by atoms with Gasteiger partial charge in [-0.15, -0.1) is 0 Å². The van der Waals surface area contributed by atoms with Crippen LogP contribution in [0.4, 0.5) is 13.2 Å². The zero-order valence-electron chi connectivity index (χ0n) is 18.4. The molecule has 0 bridgehead atoms. The van der Waals surface area contributed by atoms with Crippen molar-refractivity contribution in [1.29, 1.82) is 0 Å². The summed E-state index contributed by atoms with van der Waals surface area (Å²) >= 11 is 0. The number of nitrogens with one attached hydrogen (secondary N) is 4. The minimum atomic E-state index is -5.84. The van der Waals surface area contributed by atoms with Crippen molar-refractivity contribution >= 4 is 10.1 Å². The van der Waals surface area contributed by atoms with Gasteiger partial charge < -0.3 is 0 Å². The van der Waals surface area contributed by atoms with Crippen LogP contribution in [0.3, 0.4) is 0 Å². The van der Waals surface area contributed by atoms with Gasteiger partial charge in [-0.05, 0) is 40.5 Å². The van der Waals surface area contributed by atoms with Crippen LogP contribution in [0.5, 0.6) is 0 Å². The Bertz CT molecular complexity index is 660. The Kier molecular flexibility index (Phi) is 8.45. The Labute approximate surface area is 176 Å². The van der Waals surface area contributed by atoms with Crippen LogP contribution in [-0.4, -0.2) is 67.1 Å². The fourth-order valence-electron chi connectivity index (χ4n) is 3.88. The second-order valence-corrected chi connectivity index (χ2v) is 9.88. The highest BCUT2D eigenvalue weighted by molar-refractivity contribution is 7.86. The van der Waals surface area contributed by atoms with Crippen LogP contribution in [-0.2, 0) is 10.1 Å². The lowest BCUT2D eigenvalue weighted by atomic mass is 9.85. The van der Waals surface area contributed by atoms with Crippen molar-refractivity contribution in [3.8, 4) is 0 Å². The summed E-state index contributed by atoms with van der Waals surface area (Å²) in [6.07, 6.45) is 1.96. The van der Waals surface area contributed by atoms with Crippen LogP contribution in [0.15, 0.2) is 10.2 Å². The standard InChI is InChI=1S/C16H34N6.CHF3O3S/c1-7-15(17-9-10-18-15)13(3,4)21-22-14(5,6)16(8-2)19-11-12-20-16;2-1(3,4)8(5,6)7/h17-20H,7-12H2,1-6H3;(H,5,6,7). The molecule has 2 saturated heterocycles. The van der Waals surface area contributed by atoms with Crippen LogP contribution in [0, 0.1) is 0 Å². The van der Waals surface area contributed by atoms with E-state index >= 15 is 0 Å². The third kappa shape index (κ3) is 5.68. The van der Waals surface area contributed by atoms with E-state index in [9.17, 15) is 13.2 Å². The molecule has 2 fully saturated rings.